The average molecular weight is 441 g/mol. The van der Waals surface area contributed by atoms with Crippen LogP contribution in [0.1, 0.15) is 29.9 Å². The van der Waals surface area contributed by atoms with Gasteiger partial charge in [0.25, 0.3) is 5.91 Å². The lowest BCUT2D eigenvalue weighted by Gasteiger charge is -2.21. The standard InChI is InChI=1S/C22H21ClN4O4/c1-13(28)19(27-11-18(21(24)29)25-12-27)8-9-30-16-6-7-17-20(10-16)31-22(26-17)14-2-4-15(23)5-3-14/h2-7,10-13,19,28H,8-9H2,1H3,(H2,24,29). The molecular weight excluding hydrogens is 420 g/mol. The summed E-state index contributed by atoms with van der Waals surface area (Å²) < 4.78 is 13.4. The highest BCUT2D eigenvalue weighted by Crippen LogP contribution is 2.28. The first-order chi connectivity index (χ1) is 14.9. The van der Waals surface area contributed by atoms with E-state index in [-0.39, 0.29) is 11.7 Å². The summed E-state index contributed by atoms with van der Waals surface area (Å²) in [5.41, 5.74) is 7.56. The van der Waals surface area contributed by atoms with Gasteiger partial charge in [0, 0.05) is 29.3 Å². The zero-order chi connectivity index (χ0) is 22.0. The van der Waals surface area contributed by atoms with E-state index in [0.717, 1.165) is 11.1 Å². The third-order valence-corrected chi connectivity index (χ3v) is 5.18. The van der Waals surface area contributed by atoms with Gasteiger partial charge in [-0.15, -0.1) is 0 Å². The number of hydrogen-bond acceptors (Lipinski definition) is 6. The summed E-state index contributed by atoms with van der Waals surface area (Å²) in [5, 5.41) is 10.8. The molecule has 0 spiro atoms. The number of ether oxygens (including phenoxy) is 1. The Bertz CT molecular complexity index is 1200. The molecule has 0 aliphatic heterocycles. The fourth-order valence-electron chi connectivity index (χ4n) is 3.29. The number of halogens is 1. The Morgan fingerprint density at radius 2 is 2.06 bits per heavy atom. The van der Waals surface area contributed by atoms with Crippen LogP contribution in [0, 0.1) is 0 Å². The van der Waals surface area contributed by atoms with E-state index < -0.39 is 12.0 Å². The molecule has 0 aliphatic carbocycles. The van der Waals surface area contributed by atoms with Gasteiger partial charge < -0.3 is 24.6 Å². The Morgan fingerprint density at radius 1 is 1.29 bits per heavy atom. The maximum atomic E-state index is 11.3. The summed E-state index contributed by atoms with van der Waals surface area (Å²) >= 11 is 5.93. The molecule has 4 rings (SSSR count). The number of aromatic nitrogens is 3. The minimum atomic E-state index is -0.669. The van der Waals surface area contributed by atoms with E-state index in [0.29, 0.717) is 35.3 Å². The Labute approximate surface area is 183 Å². The third kappa shape index (κ3) is 4.70. The van der Waals surface area contributed by atoms with Crippen LogP contribution in [0.2, 0.25) is 5.02 Å². The smallest absolute Gasteiger partial charge is 0.268 e. The molecule has 160 valence electrons. The highest BCUT2D eigenvalue weighted by molar-refractivity contribution is 6.30. The Hall–Kier alpha value is -3.36. The molecule has 2 aromatic carbocycles. The number of carbonyl (C=O) groups excluding carboxylic acids is 1. The van der Waals surface area contributed by atoms with Gasteiger partial charge in [0.2, 0.25) is 5.89 Å². The summed E-state index contributed by atoms with van der Waals surface area (Å²) in [5.74, 6) is 0.514. The van der Waals surface area contributed by atoms with Crippen LogP contribution in [-0.4, -0.2) is 38.3 Å². The summed E-state index contributed by atoms with van der Waals surface area (Å²) in [4.78, 5) is 19.7. The maximum Gasteiger partial charge on any atom is 0.268 e. The molecule has 2 unspecified atom stereocenters. The maximum absolute atomic E-state index is 11.3. The quantitative estimate of drug-likeness (QED) is 0.430. The monoisotopic (exact) mass is 440 g/mol. The first-order valence-electron chi connectivity index (χ1n) is 9.71. The van der Waals surface area contributed by atoms with Gasteiger partial charge in [-0.3, -0.25) is 4.79 Å². The molecule has 31 heavy (non-hydrogen) atoms. The van der Waals surface area contributed by atoms with Crippen molar-refractivity contribution in [3.05, 3.63) is 65.7 Å². The Balaban J connectivity index is 1.44. The van der Waals surface area contributed by atoms with Gasteiger partial charge in [0.15, 0.2) is 5.58 Å². The molecule has 0 saturated heterocycles. The van der Waals surface area contributed by atoms with Crippen molar-refractivity contribution >= 4 is 28.6 Å². The summed E-state index contributed by atoms with van der Waals surface area (Å²) in [6.07, 6.45) is 2.84. The molecule has 8 nitrogen and oxygen atoms in total. The van der Waals surface area contributed by atoms with Gasteiger partial charge >= 0.3 is 0 Å². The number of aliphatic hydroxyl groups is 1. The van der Waals surface area contributed by atoms with Crippen LogP contribution in [0.5, 0.6) is 5.75 Å². The van der Waals surface area contributed by atoms with E-state index in [2.05, 4.69) is 9.97 Å². The van der Waals surface area contributed by atoms with Gasteiger partial charge in [0.1, 0.15) is 17.0 Å². The number of amides is 1. The van der Waals surface area contributed by atoms with Crippen LogP contribution in [0.3, 0.4) is 0 Å². The first-order valence-corrected chi connectivity index (χ1v) is 10.1. The number of hydrogen-bond donors (Lipinski definition) is 2. The van der Waals surface area contributed by atoms with Crippen LogP contribution in [-0.2, 0) is 0 Å². The van der Waals surface area contributed by atoms with Crippen LogP contribution < -0.4 is 10.5 Å². The van der Waals surface area contributed by atoms with E-state index in [1.165, 1.54) is 12.5 Å². The first kappa shape index (κ1) is 20.9. The van der Waals surface area contributed by atoms with E-state index in [4.69, 9.17) is 26.5 Å². The minimum Gasteiger partial charge on any atom is -0.493 e. The normalized spacial score (nSPS) is 13.3. The van der Waals surface area contributed by atoms with Gasteiger partial charge in [-0.2, -0.15) is 0 Å². The fourth-order valence-corrected chi connectivity index (χ4v) is 3.42. The number of carbonyl (C=O) groups is 1. The number of fused-ring (bicyclic) bond motifs is 1. The van der Waals surface area contributed by atoms with Crippen LogP contribution in [0.15, 0.2) is 59.4 Å². The predicted octanol–water partition coefficient (Wildman–Crippen LogP) is 3.83. The number of primary amides is 1. The molecule has 1 amide bonds. The summed E-state index contributed by atoms with van der Waals surface area (Å²) in [6.45, 7) is 2.01. The third-order valence-electron chi connectivity index (χ3n) is 4.93. The molecular formula is C22H21ClN4O4. The van der Waals surface area contributed by atoms with Crippen LogP contribution >= 0.6 is 11.6 Å². The molecule has 3 N–H and O–H groups in total. The van der Waals surface area contributed by atoms with Gasteiger partial charge in [-0.25, -0.2) is 9.97 Å². The number of aliphatic hydroxyl groups excluding tert-OH is 1. The zero-order valence-corrected chi connectivity index (χ0v) is 17.5. The van der Waals surface area contributed by atoms with E-state index in [9.17, 15) is 9.90 Å². The fraction of sp³-hybridized carbons (Fsp3) is 0.227. The van der Waals surface area contributed by atoms with Crippen molar-refractivity contribution in [1.82, 2.24) is 14.5 Å². The van der Waals surface area contributed by atoms with Crippen LogP contribution in [0.25, 0.3) is 22.6 Å². The van der Waals surface area contributed by atoms with E-state index in [1.54, 1.807) is 29.7 Å². The van der Waals surface area contributed by atoms with E-state index >= 15 is 0 Å². The molecule has 0 radical (unpaired) electrons. The minimum absolute atomic E-state index is 0.152. The molecule has 2 atom stereocenters. The SMILES string of the molecule is CC(O)C(CCOc1ccc2nc(-c3ccc(Cl)cc3)oc2c1)n1cnc(C(N)=O)c1. The van der Waals surface area contributed by atoms with Crippen molar-refractivity contribution < 1.29 is 19.1 Å². The highest BCUT2D eigenvalue weighted by Gasteiger charge is 2.19. The molecule has 4 aromatic rings. The van der Waals surface area contributed by atoms with Crippen LogP contribution in [0.4, 0.5) is 0 Å². The van der Waals surface area contributed by atoms with Crippen molar-refractivity contribution in [3.8, 4) is 17.2 Å². The number of nitrogens with zero attached hydrogens (tertiary/aromatic N) is 3. The second-order valence-corrected chi connectivity index (χ2v) is 7.61. The predicted molar refractivity (Wildman–Crippen MR) is 116 cm³/mol. The van der Waals surface area contributed by atoms with Crippen molar-refractivity contribution in [2.75, 3.05) is 6.61 Å². The average Bonchev–Trinajstić information content (AvgIpc) is 3.38. The Kier molecular flexibility index (Phi) is 5.92. The number of rotatable bonds is 8. The molecule has 9 heteroatoms. The molecule has 0 aliphatic rings. The molecule has 0 bridgehead atoms. The largest absolute Gasteiger partial charge is 0.493 e. The van der Waals surface area contributed by atoms with Crippen molar-refractivity contribution in [1.29, 1.82) is 0 Å². The van der Waals surface area contributed by atoms with Crippen molar-refractivity contribution in [2.24, 2.45) is 5.73 Å². The summed E-state index contributed by atoms with van der Waals surface area (Å²) in [6, 6.07) is 12.4. The van der Waals surface area contributed by atoms with Gasteiger partial charge in [0.05, 0.1) is 25.1 Å². The number of nitrogens with two attached hydrogens (primary N) is 1. The second-order valence-electron chi connectivity index (χ2n) is 7.17. The molecule has 2 heterocycles. The zero-order valence-electron chi connectivity index (χ0n) is 16.7. The number of imidazole rings is 1. The lowest BCUT2D eigenvalue weighted by Crippen LogP contribution is -2.23. The lowest BCUT2D eigenvalue weighted by atomic mass is 10.1. The molecule has 2 aromatic heterocycles. The topological polar surface area (TPSA) is 116 Å². The number of oxazole rings is 1. The highest BCUT2D eigenvalue weighted by atomic mass is 35.5. The van der Waals surface area contributed by atoms with E-state index in [1.807, 2.05) is 24.3 Å². The number of benzene rings is 2. The van der Waals surface area contributed by atoms with Gasteiger partial charge in [-0.1, -0.05) is 11.6 Å². The lowest BCUT2D eigenvalue weighted by molar-refractivity contribution is 0.0993. The van der Waals surface area contributed by atoms with Gasteiger partial charge in [-0.05, 0) is 43.3 Å². The summed E-state index contributed by atoms with van der Waals surface area (Å²) in [7, 11) is 0. The van der Waals surface area contributed by atoms with Crippen molar-refractivity contribution in [2.45, 2.75) is 25.5 Å². The molecule has 0 saturated carbocycles. The Morgan fingerprint density at radius 3 is 2.74 bits per heavy atom. The molecule has 0 fully saturated rings. The second kappa shape index (κ2) is 8.79. The van der Waals surface area contributed by atoms with Crippen molar-refractivity contribution in [3.63, 3.8) is 0 Å².